The van der Waals surface area contributed by atoms with Gasteiger partial charge in [0.25, 0.3) is 0 Å². The molecule has 1 aliphatic carbocycles. The summed E-state index contributed by atoms with van der Waals surface area (Å²) in [5.74, 6) is 0. The van der Waals surface area contributed by atoms with E-state index in [1.54, 1.807) is 12.2 Å². The summed E-state index contributed by atoms with van der Waals surface area (Å²) in [5, 5.41) is 25.4. The molecule has 3 nitrogen and oxygen atoms in total. The second kappa shape index (κ2) is 7.89. The van der Waals surface area contributed by atoms with Crippen LogP contribution < -0.4 is 0 Å². The molecule has 0 heterocycles. The van der Waals surface area contributed by atoms with Crippen molar-refractivity contribution in [2.45, 2.75) is 26.2 Å². The molecule has 0 fully saturated rings. The van der Waals surface area contributed by atoms with Crippen LogP contribution in [0.5, 0.6) is 0 Å². The maximum Gasteiger partial charge on any atom is 0.214 e. The average molecular weight is 266 g/mol. The number of nitriles is 2. The van der Waals surface area contributed by atoms with Crippen LogP contribution in [0, 0.1) is 28.1 Å². The number of rotatable bonds is 2. The Labute approximate surface area is 112 Å². The van der Waals surface area contributed by atoms with E-state index >= 15 is 0 Å². The largest absolute Gasteiger partial charge is 0.494 e. The van der Waals surface area contributed by atoms with Crippen LogP contribution in [0.25, 0.3) is 0 Å². The molecule has 0 saturated carbocycles. The maximum absolute atomic E-state index is 9.05. The second-order valence-corrected chi connectivity index (χ2v) is 4.73. The normalized spacial score (nSPS) is 21.3. The molecule has 5 heteroatoms. The van der Waals surface area contributed by atoms with E-state index in [0.717, 1.165) is 19.3 Å². The molecule has 0 bridgehead atoms. The Hall–Kier alpha value is -1.30. The smallest absolute Gasteiger partial charge is 0.214 e. The van der Waals surface area contributed by atoms with Crippen molar-refractivity contribution < 1.29 is 5.11 Å². The third-order valence-corrected chi connectivity index (χ3v) is 2.26. The van der Waals surface area contributed by atoms with Crippen LogP contribution in [0.4, 0.5) is 0 Å². The standard InChI is InChI=1S/C11H12N2.CH2OS2/c1-2-5-11(9-13)6-3-4-10(7-11)8-12;2-1(3)4/h3-4,7H,2,5-6H2,1H3;(H2,2,3,4). The zero-order chi connectivity index (χ0) is 13.3. The number of hydrogen-bond acceptors (Lipinski definition) is 3. The van der Waals surface area contributed by atoms with Gasteiger partial charge in [-0.1, -0.05) is 32.0 Å². The molecule has 1 unspecified atom stereocenters. The van der Waals surface area contributed by atoms with Gasteiger partial charge in [-0.05, 0) is 37.2 Å². The number of aliphatic hydroxyl groups excluding tert-OH is 1. The molecule has 0 spiro atoms. The molecule has 0 aliphatic heterocycles. The summed E-state index contributed by atoms with van der Waals surface area (Å²) in [7, 11) is 0. The molecule has 1 rings (SSSR count). The summed E-state index contributed by atoms with van der Waals surface area (Å²) in [6.45, 7) is 2.05. The number of allylic oxidation sites excluding steroid dienone is 4. The lowest BCUT2D eigenvalue weighted by Gasteiger charge is -2.23. The highest BCUT2D eigenvalue weighted by atomic mass is 32.1. The minimum atomic E-state index is -0.422. The minimum absolute atomic E-state index is 0.306. The highest BCUT2D eigenvalue weighted by Crippen LogP contribution is 2.34. The molecule has 0 aromatic carbocycles. The van der Waals surface area contributed by atoms with Crippen LogP contribution in [-0.2, 0) is 0 Å². The van der Waals surface area contributed by atoms with Crippen molar-refractivity contribution in [3.8, 4) is 12.1 Å². The van der Waals surface area contributed by atoms with Crippen molar-refractivity contribution in [2.75, 3.05) is 0 Å². The molecule has 0 saturated heterocycles. The van der Waals surface area contributed by atoms with Crippen LogP contribution >= 0.6 is 24.8 Å². The maximum atomic E-state index is 9.05. The lowest BCUT2D eigenvalue weighted by molar-refractivity contribution is 0.457. The van der Waals surface area contributed by atoms with Gasteiger partial charge >= 0.3 is 0 Å². The molecule has 1 aliphatic rings. The topological polar surface area (TPSA) is 67.8 Å². The van der Waals surface area contributed by atoms with E-state index in [9.17, 15) is 0 Å². The van der Waals surface area contributed by atoms with Gasteiger partial charge in [-0.2, -0.15) is 10.5 Å². The molecule has 90 valence electrons. The quantitative estimate of drug-likeness (QED) is 0.593. The van der Waals surface area contributed by atoms with Crippen molar-refractivity contribution in [1.29, 1.82) is 10.5 Å². The van der Waals surface area contributed by atoms with Gasteiger partial charge in [-0.3, -0.25) is 0 Å². The summed E-state index contributed by atoms with van der Waals surface area (Å²) in [6, 6.07) is 4.38. The van der Waals surface area contributed by atoms with Gasteiger partial charge in [0.1, 0.15) is 0 Å². The van der Waals surface area contributed by atoms with Gasteiger partial charge in [0.05, 0.1) is 17.6 Å². The number of nitrogens with zero attached hydrogens (tertiary/aromatic N) is 2. The average Bonchev–Trinajstić information content (AvgIpc) is 2.29. The number of hydrogen-bond donors (Lipinski definition) is 2. The van der Waals surface area contributed by atoms with Gasteiger partial charge in [-0.25, -0.2) is 0 Å². The van der Waals surface area contributed by atoms with E-state index < -0.39 is 5.41 Å². The monoisotopic (exact) mass is 266 g/mol. The van der Waals surface area contributed by atoms with Crippen molar-refractivity contribution in [1.82, 2.24) is 0 Å². The molecule has 0 aromatic heterocycles. The predicted octanol–water partition coefficient (Wildman–Crippen LogP) is 3.47. The summed E-state index contributed by atoms with van der Waals surface area (Å²) < 4.78 is -0.306. The van der Waals surface area contributed by atoms with Crippen LogP contribution in [0.15, 0.2) is 23.8 Å². The molecule has 0 aromatic rings. The van der Waals surface area contributed by atoms with Gasteiger partial charge in [0, 0.05) is 5.57 Å². The fourth-order valence-electron chi connectivity index (χ4n) is 1.62. The van der Waals surface area contributed by atoms with Gasteiger partial charge in [0.2, 0.25) is 4.38 Å². The van der Waals surface area contributed by atoms with Crippen LogP contribution in [0.2, 0.25) is 0 Å². The van der Waals surface area contributed by atoms with Crippen LogP contribution in [0.3, 0.4) is 0 Å². The van der Waals surface area contributed by atoms with E-state index in [2.05, 4.69) is 43.9 Å². The first-order chi connectivity index (χ1) is 7.99. The van der Waals surface area contributed by atoms with E-state index in [0.29, 0.717) is 5.57 Å². The second-order valence-electron chi connectivity index (χ2n) is 3.62. The third kappa shape index (κ3) is 6.11. The first-order valence-electron chi connectivity index (χ1n) is 5.12. The molecular formula is C12H14N2OS2. The van der Waals surface area contributed by atoms with Crippen LogP contribution in [0.1, 0.15) is 26.2 Å². The Morgan fingerprint density at radius 2 is 2.24 bits per heavy atom. The summed E-state index contributed by atoms with van der Waals surface area (Å²) >= 11 is 7.21. The zero-order valence-electron chi connectivity index (χ0n) is 9.55. The minimum Gasteiger partial charge on any atom is -0.494 e. The summed E-state index contributed by atoms with van der Waals surface area (Å²) in [4.78, 5) is 0. The lowest BCUT2D eigenvalue weighted by atomic mass is 9.77. The summed E-state index contributed by atoms with van der Waals surface area (Å²) in [5.41, 5.74) is 0.190. The number of aliphatic hydroxyl groups is 1. The summed E-state index contributed by atoms with van der Waals surface area (Å²) in [6.07, 6.45) is 8.04. The first-order valence-corrected chi connectivity index (χ1v) is 5.98. The third-order valence-electron chi connectivity index (χ3n) is 2.26. The Morgan fingerprint density at radius 3 is 2.65 bits per heavy atom. The van der Waals surface area contributed by atoms with E-state index in [4.69, 9.17) is 15.6 Å². The van der Waals surface area contributed by atoms with Crippen molar-refractivity contribution in [3.63, 3.8) is 0 Å². The Morgan fingerprint density at radius 1 is 1.65 bits per heavy atom. The Kier molecular flexibility index (Phi) is 7.29. The number of thiol groups is 1. The molecule has 0 radical (unpaired) electrons. The fourth-order valence-corrected chi connectivity index (χ4v) is 1.62. The first kappa shape index (κ1) is 15.7. The fraction of sp³-hybridized carbons (Fsp3) is 0.417. The highest BCUT2D eigenvalue weighted by molar-refractivity contribution is 8.10. The zero-order valence-corrected chi connectivity index (χ0v) is 11.3. The van der Waals surface area contributed by atoms with Gasteiger partial charge in [0.15, 0.2) is 0 Å². The van der Waals surface area contributed by atoms with Crippen molar-refractivity contribution in [2.24, 2.45) is 5.41 Å². The van der Waals surface area contributed by atoms with Crippen molar-refractivity contribution in [3.05, 3.63) is 23.8 Å². The molecule has 1 atom stereocenters. The Balaban J connectivity index is 0.000000557. The van der Waals surface area contributed by atoms with Gasteiger partial charge < -0.3 is 5.11 Å². The van der Waals surface area contributed by atoms with Crippen molar-refractivity contribution >= 4 is 29.2 Å². The van der Waals surface area contributed by atoms with Crippen LogP contribution in [-0.4, -0.2) is 9.49 Å². The highest BCUT2D eigenvalue weighted by Gasteiger charge is 2.27. The SMILES string of the molecule is CCCC1(C#N)C=C(C#N)C=CC1.OC(=S)S. The molecule has 0 amide bonds. The Bertz CT molecular complexity index is 411. The molecular weight excluding hydrogens is 252 g/mol. The van der Waals surface area contributed by atoms with Gasteiger partial charge in [-0.15, -0.1) is 0 Å². The molecule has 1 N–H and O–H groups in total. The van der Waals surface area contributed by atoms with E-state index in [1.165, 1.54) is 0 Å². The molecule has 17 heavy (non-hydrogen) atoms. The lowest BCUT2D eigenvalue weighted by Crippen LogP contribution is -2.16. The predicted molar refractivity (Wildman–Crippen MR) is 74.6 cm³/mol. The van der Waals surface area contributed by atoms with E-state index in [-0.39, 0.29) is 4.38 Å². The van der Waals surface area contributed by atoms with E-state index in [1.807, 2.05) is 6.08 Å². The number of thiocarbonyl (C=S) groups is 1.